The van der Waals surface area contributed by atoms with E-state index in [0.29, 0.717) is 23.3 Å². The van der Waals surface area contributed by atoms with Gasteiger partial charge in [0, 0.05) is 13.2 Å². The van der Waals surface area contributed by atoms with Crippen molar-refractivity contribution in [3.8, 4) is 11.6 Å². The maximum Gasteiger partial charge on any atom is 0.351 e. The molecule has 0 radical (unpaired) electrons. The van der Waals surface area contributed by atoms with Crippen LogP contribution in [0.3, 0.4) is 0 Å². The zero-order chi connectivity index (χ0) is 22.1. The molecule has 1 saturated heterocycles. The van der Waals surface area contributed by atoms with Crippen LogP contribution in [0.2, 0.25) is 0 Å². The molecule has 2 aromatic carbocycles. The Labute approximate surface area is 183 Å². The van der Waals surface area contributed by atoms with Crippen molar-refractivity contribution in [1.29, 1.82) is 0 Å². The average molecular weight is 433 g/mol. The van der Waals surface area contributed by atoms with E-state index in [9.17, 15) is 9.59 Å². The first-order valence-corrected chi connectivity index (χ1v) is 10.6. The number of aromatic nitrogens is 4. The van der Waals surface area contributed by atoms with Gasteiger partial charge < -0.3 is 14.8 Å². The Morgan fingerprint density at radius 2 is 2.03 bits per heavy atom. The number of ether oxygens (including phenoxy) is 2. The second kappa shape index (κ2) is 8.43. The molecule has 4 aromatic rings. The molecule has 0 bridgehead atoms. The fraction of sp³-hybridized carbons (Fsp3) is 0.304. The highest BCUT2D eigenvalue weighted by Gasteiger charge is 2.20. The largest absolute Gasteiger partial charge is 0.436 e. The SMILES string of the molecule is Cc1ccc(Oc2nc3ccccc3n3c(=O)n(CC(=O)NC[C@H]4CCCO4)nc23)cc1. The van der Waals surface area contributed by atoms with Gasteiger partial charge in [-0.2, -0.15) is 0 Å². The number of nitrogens with zero attached hydrogens (tertiary/aromatic N) is 4. The highest BCUT2D eigenvalue weighted by Crippen LogP contribution is 2.26. The van der Waals surface area contributed by atoms with Crippen LogP contribution < -0.4 is 15.7 Å². The van der Waals surface area contributed by atoms with Gasteiger partial charge in [0.1, 0.15) is 12.3 Å². The summed E-state index contributed by atoms with van der Waals surface area (Å²) < 4.78 is 14.1. The van der Waals surface area contributed by atoms with Crippen LogP contribution in [-0.2, 0) is 16.1 Å². The van der Waals surface area contributed by atoms with E-state index in [-0.39, 0.29) is 30.1 Å². The molecule has 9 heteroatoms. The Balaban J connectivity index is 1.50. The van der Waals surface area contributed by atoms with Crippen LogP contribution in [0.1, 0.15) is 18.4 Å². The van der Waals surface area contributed by atoms with Crippen molar-refractivity contribution in [1.82, 2.24) is 24.5 Å². The third-order valence-electron chi connectivity index (χ3n) is 5.46. The molecule has 1 aliphatic rings. The predicted octanol–water partition coefficient (Wildman–Crippen LogP) is 2.44. The number of fused-ring (bicyclic) bond motifs is 3. The monoisotopic (exact) mass is 433 g/mol. The molecule has 0 spiro atoms. The van der Waals surface area contributed by atoms with Gasteiger partial charge in [0.15, 0.2) is 0 Å². The molecule has 1 aliphatic heterocycles. The first-order chi connectivity index (χ1) is 15.6. The molecule has 0 aliphatic carbocycles. The van der Waals surface area contributed by atoms with Crippen LogP contribution in [0.5, 0.6) is 11.6 Å². The summed E-state index contributed by atoms with van der Waals surface area (Å²) in [5.74, 6) is 0.476. The summed E-state index contributed by atoms with van der Waals surface area (Å²) in [6.07, 6.45) is 1.95. The number of hydrogen-bond acceptors (Lipinski definition) is 6. The van der Waals surface area contributed by atoms with Crippen molar-refractivity contribution >= 4 is 22.6 Å². The number of hydrogen-bond donors (Lipinski definition) is 1. The third kappa shape index (κ3) is 3.94. The van der Waals surface area contributed by atoms with Crippen LogP contribution in [-0.4, -0.2) is 44.3 Å². The van der Waals surface area contributed by atoms with E-state index in [1.165, 1.54) is 4.40 Å². The van der Waals surface area contributed by atoms with Gasteiger partial charge >= 0.3 is 5.69 Å². The zero-order valence-electron chi connectivity index (χ0n) is 17.7. The van der Waals surface area contributed by atoms with E-state index >= 15 is 0 Å². The highest BCUT2D eigenvalue weighted by molar-refractivity contribution is 5.80. The van der Waals surface area contributed by atoms with Crippen LogP contribution in [0.15, 0.2) is 53.3 Å². The lowest BCUT2D eigenvalue weighted by Crippen LogP contribution is -2.36. The van der Waals surface area contributed by atoms with E-state index in [1.54, 1.807) is 12.1 Å². The van der Waals surface area contributed by atoms with Crippen LogP contribution >= 0.6 is 0 Å². The quantitative estimate of drug-likeness (QED) is 0.501. The maximum atomic E-state index is 13.2. The Kier molecular flexibility index (Phi) is 5.32. The molecule has 9 nitrogen and oxygen atoms in total. The Morgan fingerprint density at radius 3 is 2.81 bits per heavy atom. The molecule has 0 unspecified atom stereocenters. The number of benzene rings is 2. The summed E-state index contributed by atoms with van der Waals surface area (Å²) >= 11 is 0. The molecule has 2 aromatic heterocycles. The number of aryl methyl sites for hydroxylation is 1. The summed E-state index contributed by atoms with van der Waals surface area (Å²) in [6, 6.07) is 14.8. The zero-order valence-corrected chi connectivity index (χ0v) is 17.7. The summed E-state index contributed by atoms with van der Waals surface area (Å²) in [5, 5.41) is 7.21. The number of para-hydroxylation sites is 2. The molecule has 0 saturated carbocycles. The minimum absolute atomic E-state index is 0.0272. The number of amides is 1. The second-order valence-corrected chi connectivity index (χ2v) is 7.86. The van der Waals surface area contributed by atoms with Gasteiger partial charge in [-0.05, 0) is 44.0 Å². The number of carbonyl (C=O) groups is 1. The van der Waals surface area contributed by atoms with Crippen molar-refractivity contribution in [2.75, 3.05) is 13.2 Å². The molecule has 1 amide bonds. The molecule has 5 rings (SSSR count). The molecule has 3 heterocycles. The molecular formula is C23H23N5O4. The van der Waals surface area contributed by atoms with Crippen molar-refractivity contribution in [2.24, 2.45) is 0 Å². The van der Waals surface area contributed by atoms with E-state index in [0.717, 1.165) is 29.7 Å². The van der Waals surface area contributed by atoms with Crippen LogP contribution in [0.25, 0.3) is 16.7 Å². The molecule has 1 N–H and O–H groups in total. The molecule has 32 heavy (non-hydrogen) atoms. The molecule has 1 fully saturated rings. The Hall–Kier alpha value is -3.72. The van der Waals surface area contributed by atoms with Gasteiger partial charge in [0.05, 0.1) is 17.1 Å². The van der Waals surface area contributed by atoms with Crippen molar-refractivity contribution in [2.45, 2.75) is 32.4 Å². The summed E-state index contributed by atoms with van der Waals surface area (Å²) in [4.78, 5) is 30.2. The lowest BCUT2D eigenvalue weighted by atomic mass is 10.2. The summed E-state index contributed by atoms with van der Waals surface area (Å²) in [7, 11) is 0. The fourth-order valence-electron chi connectivity index (χ4n) is 3.78. The van der Waals surface area contributed by atoms with Gasteiger partial charge in [0.25, 0.3) is 5.88 Å². The van der Waals surface area contributed by atoms with Gasteiger partial charge in [0.2, 0.25) is 11.6 Å². The molecule has 164 valence electrons. The summed E-state index contributed by atoms with van der Waals surface area (Å²) in [6.45, 7) is 2.93. The van der Waals surface area contributed by atoms with Gasteiger partial charge in [-0.1, -0.05) is 29.8 Å². The first kappa shape index (κ1) is 20.2. The van der Waals surface area contributed by atoms with Gasteiger partial charge in [-0.3, -0.25) is 4.79 Å². The Morgan fingerprint density at radius 1 is 1.22 bits per heavy atom. The predicted molar refractivity (Wildman–Crippen MR) is 118 cm³/mol. The van der Waals surface area contributed by atoms with Crippen LogP contribution in [0.4, 0.5) is 0 Å². The van der Waals surface area contributed by atoms with Gasteiger partial charge in [-0.25, -0.2) is 18.9 Å². The number of rotatable bonds is 6. The van der Waals surface area contributed by atoms with Crippen molar-refractivity contribution in [3.05, 3.63) is 64.6 Å². The minimum atomic E-state index is -0.431. The smallest absolute Gasteiger partial charge is 0.351 e. The topological polar surface area (TPSA) is 99.8 Å². The highest BCUT2D eigenvalue weighted by atomic mass is 16.5. The first-order valence-electron chi connectivity index (χ1n) is 10.6. The number of nitrogens with one attached hydrogen (secondary N) is 1. The van der Waals surface area contributed by atoms with E-state index in [2.05, 4.69) is 15.4 Å². The fourth-order valence-corrected chi connectivity index (χ4v) is 3.78. The number of carbonyl (C=O) groups excluding carboxylic acids is 1. The van der Waals surface area contributed by atoms with Gasteiger partial charge in [-0.15, -0.1) is 5.10 Å². The second-order valence-electron chi connectivity index (χ2n) is 7.86. The van der Waals surface area contributed by atoms with E-state index < -0.39 is 5.69 Å². The van der Waals surface area contributed by atoms with E-state index in [1.807, 2.05) is 43.3 Å². The lowest BCUT2D eigenvalue weighted by Gasteiger charge is -2.10. The van der Waals surface area contributed by atoms with Crippen molar-refractivity contribution < 1.29 is 14.3 Å². The normalized spacial score (nSPS) is 16.0. The molecular weight excluding hydrogens is 410 g/mol. The van der Waals surface area contributed by atoms with E-state index in [4.69, 9.17) is 9.47 Å². The standard InChI is InChI=1S/C23H23N5O4/c1-15-8-10-16(11-9-15)32-22-21-26-27(14-20(29)24-13-17-5-4-12-31-17)23(30)28(21)19-7-3-2-6-18(19)25-22/h2-3,6-11,17H,4-5,12-14H2,1H3,(H,24,29)/t17-/m1/s1. The van der Waals surface area contributed by atoms with Crippen LogP contribution in [0, 0.1) is 6.92 Å². The summed E-state index contributed by atoms with van der Waals surface area (Å²) in [5.41, 5.74) is 2.10. The minimum Gasteiger partial charge on any atom is -0.436 e. The Bertz CT molecular complexity index is 1340. The van der Waals surface area contributed by atoms with Crippen molar-refractivity contribution in [3.63, 3.8) is 0 Å². The molecule has 1 atom stereocenters. The average Bonchev–Trinajstić information content (AvgIpc) is 3.43. The maximum absolute atomic E-state index is 13.2. The lowest BCUT2D eigenvalue weighted by molar-refractivity contribution is -0.122. The third-order valence-corrected chi connectivity index (χ3v) is 5.46.